The third-order valence-corrected chi connectivity index (χ3v) is 5.77. The molecule has 1 aliphatic carbocycles. The molecular formula is C16H23NO5S. The van der Waals surface area contributed by atoms with Crippen LogP contribution >= 0.6 is 0 Å². The second-order valence-electron chi connectivity index (χ2n) is 7.34. The molecule has 0 amide bonds. The molecule has 0 bridgehead atoms. The highest BCUT2D eigenvalue weighted by molar-refractivity contribution is 7.86. The van der Waals surface area contributed by atoms with E-state index in [1.165, 1.54) is 6.07 Å². The average molecular weight is 341 g/mol. The van der Waals surface area contributed by atoms with E-state index in [2.05, 4.69) is 20.8 Å². The van der Waals surface area contributed by atoms with Crippen LogP contribution in [0.1, 0.15) is 57.9 Å². The van der Waals surface area contributed by atoms with Crippen LogP contribution in [-0.4, -0.2) is 17.9 Å². The van der Waals surface area contributed by atoms with E-state index in [-0.39, 0.29) is 11.3 Å². The van der Waals surface area contributed by atoms with E-state index < -0.39 is 25.6 Å². The monoisotopic (exact) mass is 341 g/mol. The standard InChI is InChI=1S/C16H23NO5S/c1-16(2,3)12-9-7-11(8-10-12)13-5-4-6-14(23(20,21)22)15(13)17(18)19/h4-6,11-12H,7-10H2,1-3H3,(H,20,21,22). The van der Waals surface area contributed by atoms with Crippen LogP contribution < -0.4 is 0 Å². The minimum atomic E-state index is -4.62. The smallest absolute Gasteiger partial charge is 0.282 e. The van der Waals surface area contributed by atoms with Gasteiger partial charge >= 0.3 is 10.1 Å². The third-order valence-electron chi connectivity index (χ3n) is 4.88. The zero-order valence-corrected chi connectivity index (χ0v) is 14.5. The van der Waals surface area contributed by atoms with Crippen molar-refractivity contribution >= 4 is 15.8 Å². The molecule has 6 nitrogen and oxygen atoms in total. The number of nitrogens with zero attached hydrogens (tertiary/aromatic N) is 1. The van der Waals surface area contributed by atoms with Crippen LogP contribution in [0.5, 0.6) is 0 Å². The molecule has 1 aromatic carbocycles. The van der Waals surface area contributed by atoms with Crippen LogP contribution in [-0.2, 0) is 10.1 Å². The maximum Gasteiger partial charge on any atom is 0.301 e. The van der Waals surface area contributed by atoms with Crippen LogP contribution in [0.25, 0.3) is 0 Å². The maximum atomic E-state index is 11.4. The highest BCUT2D eigenvalue weighted by atomic mass is 32.2. The molecule has 0 radical (unpaired) electrons. The van der Waals surface area contributed by atoms with Gasteiger partial charge in [-0.05, 0) is 49.0 Å². The van der Waals surface area contributed by atoms with Gasteiger partial charge in [0.25, 0.3) is 5.69 Å². The molecule has 0 aromatic heterocycles. The number of para-hydroxylation sites is 1. The topological polar surface area (TPSA) is 97.5 Å². The lowest BCUT2D eigenvalue weighted by Crippen LogP contribution is -2.25. The van der Waals surface area contributed by atoms with Crippen molar-refractivity contribution in [2.24, 2.45) is 11.3 Å². The van der Waals surface area contributed by atoms with Gasteiger partial charge in [0.2, 0.25) is 0 Å². The Morgan fingerprint density at radius 1 is 1.17 bits per heavy atom. The van der Waals surface area contributed by atoms with E-state index >= 15 is 0 Å². The van der Waals surface area contributed by atoms with Crippen molar-refractivity contribution in [1.82, 2.24) is 0 Å². The Morgan fingerprint density at radius 3 is 2.17 bits per heavy atom. The summed E-state index contributed by atoms with van der Waals surface area (Å²) >= 11 is 0. The molecule has 2 rings (SSSR count). The Morgan fingerprint density at radius 2 is 1.74 bits per heavy atom. The summed E-state index contributed by atoms with van der Waals surface area (Å²) in [5.74, 6) is 0.512. The van der Waals surface area contributed by atoms with Crippen LogP contribution in [0.4, 0.5) is 5.69 Å². The Kier molecular flexibility index (Phi) is 4.82. The molecule has 0 saturated heterocycles. The van der Waals surface area contributed by atoms with E-state index in [1.807, 2.05) is 0 Å². The Labute approximate surface area is 136 Å². The third kappa shape index (κ3) is 3.90. The molecule has 1 saturated carbocycles. The van der Waals surface area contributed by atoms with Crippen molar-refractivity contribution in [1.29, 1.82) is 0 Å². The SMILES string of the molecule is CC(C)(C)C1CCC(c2cccc(S(=O)(=O)O)c2[N+](=O)[O-])CC1. The molecule has 1 fully saturated rings. The lowest BCUT2D eigenvalue weighted by Gasteiger charge is -2.37. The van der Waals surface area contributed by atoms with Crippen LogP contribution in [0.2, 0.25) is 0 Å². The van der Waals surface area contributed by atoms with Crippen LogP contribution in [0, 0.1) is 21.4 Å². The molecule has 0 spiro atoms. The van der Waals surface area contributed by atoms with Crippen LogP contribution in [0.15, 0.2) is 23.1 Å². The predicted octanol–water partition coefficient (Wildman–Crippen LogP) is 4.16. The molecule has 0 aliphatic heterocycles. The fraction of sp³-hybridized carbons (Fsp3) is 0.625. The summed E-state index contributed by atoms with van der Waals surface area (Å²) in [5, 5.41) is 11.4. The molecule has 7 heteroatoms. The first-order chi connectivity index (χ1) is 10.5. The summed E-state index contributed by atoms with van der Waals surface area (Å²) in [7, 11) is -4.62. The maximum absolute atomic E-state index is 11.4. The van der Waals surface area contributed by atoms with E-state index in [4.69, 9.17) is 0 Å². The summed E-state index contributed by atoms with van der Waals surface area (Å²) in [6.45, 7) is 6.58. The van der Waals surface area contributed by atoms with Gasteiger partial charge in [-0.3, -0.25) is 14.7 Å². The molecule has 128 valence electrons. The number of rotatable bonds is 3. The van der Waals surface area contributed by atoms with Crippen molar-refractivity contribution in [2.75, 3.05) is 0 Å². The Balaban J connectivity index is 2.37. The first kappa shape index (κ1) is 17.9. The normalized spacial score (nSPS) is 22.8. The van der Waals surface area contributed by atoms with E-state index in [0.717, 1.165) is 31.7 Å². The van der Waals surface area contributed by atoms with Crippen LogP contribution in [0.3, 0.4) is 0 Å². The van der Waals surface area contributed by atoms with Crippen molar-refractivity contribution in [3.05, 3.63) is 33.9 Å². The van der Waals surface area contributed by atoms with E-state index in [1.54, 1.807) is 6.07 Å². The molecular weight excluding hydrogens is 318 g/mol. The van der Waals surface area contributed by atoms with Gasteiger partial charge < -0.3 is 0 Å². The summed E-state index contributed by atoms with van der Waals surface area (Å²) in [6.07, 6.45) is 3.50. The van der Waals surface area contributed by atoms with Gasteiger partial charge in [0, 0.05) is 5.56 Å². The Bertz CT molecular complexity index is 698. The van der Waals surface area contributed by atoms with Crippen molar-refractivity contribution in [3.63, 3.8) is 0 Å². The zero-order chi connectivity index (χ0) is 17.4. The molecule has 0 unspecified atom stereocenters. The van der Waals surface area contributed by atoms with Gasteiger partial charge in [-0.25, -0.2) is 0 Å². The number of nitro benzene ring substituents is 1. The van der Waals surface area contributed by atoms with Gasteiger partial charge in [0.1, 0.15) is 0 Å². The molecule has 23 heavy (non-hydrogen) atoms. The van der Waals surface area contributed by atoms with Gasteiger partial charge in [-0.1, -0.05) is 32.9 Å². The molecule has 1 aliphatic rings. The van der Waals surface area contributed by atoms with Gasteiger partial charge in [0.15, 0.2) is 4.90 Å². The second kappa shape index (κ2) is 6.20. The summed E-state index contributed by atoms with van der Waals surface area (Å²) in [6, 6.07) is 4.15. The highest BCUT2D eigenvalue weighted by Crippen LogP contribution is 2.45. The Hall–Kier alpha value is -1.47. The first-order valence-electron chi connectivity index (χ1n) is 7.76. The van der Waals surface area contributed by atoms with Crippen molar-refractivity contribution < 1.29 is 17.9 Å². The fourth-order valence-corrected chi connectivity index (χ4v) is 4.23. The van der Waals surface area contributed by atoms with Gasteiger partial charge in [-0.15, -0.1) is 0 Å². The molecule has 1 aromatic rings. The second-order valence-corrected chi connectivity index (χ2v) is 8.73. The predicted molar refractivity (Wildman–Crippen MR) is 87.1 cm³/mol. The van der Waals surface area contributed by atoms with Gasteiger partial charge in [0.05, 0.1) is 4.92 Å². The number of hydrogen-bond donors (Lipinski definition) is 1. The summed E-state index contributed by atoms with van der Waals surface area (Å²) in [5.41, 5.74) is 0.138. The molecule has 1 N–H and O–H groups in total. The minimum absolute atomic E-state index is 0.0456. The summed E-state index contributed by atoms with van der Waals surface area (Å²) < 4.78 is 32.1. The highest BCUT2D eigenvalue weighted by Gasteiger charge is 2.35. The van der Waals surface area contributed by atoms with E-state index in [0.29, 0.717) is 11.5 Å². The molecule has 0 atom stereocenters. The minimum Gasteiger partial charge on any atom is -0.282 e. The number of nitro groups is 1. The first-order valence-corrected chi connectivity index (χ1v) is 9.20. The average Bonchev–Trinajstić information content (AvgIpc) is 2.44. The van der Waals surface area contributed by atoms with Crippen molar-refractivity contribution in [3.8, 4) is 0 Å². The lowest BCUT2D eigenvalue weighted by atomic mass is 9.68. The van der Waals surface area contributed by atoms with Gasteiger partial charge in [-0.2, -0.15) is 8.42 Å². The number of benzene rings is 1. The number of hydrogen-bond acceptors (Lipinski definition) is 4. The zero-order valence-electron chi connectivity index (χ0n) is 13.7. The fourth-order valence-electron chi connectivity index (χ4n) is 3.54. The lowest BCUT2D eigenvalue weighted by molar-refractivity contribution is -0.388. The van der Waals surface area contributed by atoms with E-state index in [9.17, 15) is 23.1 Å². The quantitative estimate of drug-likeness (QED) is 0.505. The molecule has 0 heterocycles. The summed E-state index contributed by atoms with van der Waals surface area (Å²) in [4.78, 5) is 10.1. The van der Waals surface area contributed by atoms with Crippen molar-refractivity contribution in [2.45, 2.75) is 57.3 Å². The largest absolute Gasteiger partial charge is 0.301 e.